The van der Waals surface area contributed by atoms with Crippen molar-refractivity contribution in [2.24, 2.45) is 0 Å². The molecular formula is C20H16ClF2N3O3. The van der Waals surface area contributed by atoms with Crippen LogP contribution in [-0.4, -0.2) is 26.8 Å². The van der Waals surface area contributed by atoms with Crippen LogP contribution in [0.15, 0.2) is 46.2 Å². The summed E-state index contributed by atoms with van der Waals surface area (Å²) < 4.78 is 40.4. The first-order chi connectivity index (χ1) is 13.8. The number of nitrogens with zero attached hydrogens (tertiary/aromatic N) is 2. The molecule has 0 saturated heterocycles. The second-order valence-corrected chi connectivity index (χ2v) is 7.06. The van der Waals surface area contributed by atoms with Gasteiger partial charge in [0.1, 0.15) is 34.9 Å². The number of H-pyrrole nitrogens is 1. The van der Waals surface area contributed by atoms with Crippen molar-refractivity contribution in [3.63, 3.8) is 0 Å². The SMILES string of the molecule is Cc1nc(COC2CC=C(F)C(C(=O)c3c[nH]c4ncc(Cl)cc34)=C2F)c(C)o1. The molecule has 1 aliphatic carbocycles. The minimum absolute atomic E-state index is 0.0230. The van der Waals surface area contributed by atoms with Gasteiger partial charge in [0.15, 0.2) is 5.89 Å². The number of nitrogens with one attached hydrogen (secondary N) is 1. The van der Waals surface area contributed by atoms with Gasteiger partial charge in [-0.3, -0.25) is 4.79 Å². The molecule has 0 fully saturated rings. The van der Waals surface area contributed by atoms with Crippen LogP contribution in [0, 0.1) is 13.8 Å². The summed E-state index contributed by atoms with van der Waals surface area (Å²) in [5.41, 5.74) is 0.335. The van der Waals surface area contributed by atoms with Gasteiger partial charge in [0.25, 0.3) is 0 Å². The third kappa shape index (κ3) is 3.61. The molecule has 3 heterocycles. The highest BCUT2D eigenvalue weighted by Gasteiger charge is 2.32. The lowest BCUT2D eigenvalue weighted by atomic mass is 9.95. The number of hydrogen-bond donors (Lipinski definition) is 1. The largest absolute Gasteiger partial charge is 0.446 e. The molecule has 4 rings (SSSR count). The molecule has 1 unspecified atom stereocenters. The predicted molar refractivity (Wildman–Crippen MR) is 102 cm³/mol. The highest BCUT2D eigenvalue weighted by molar-refractivity contribution is 6.31. The van der Waals surface area contributed by atoms with Gasteiger partial charge in [0, 0.05) is 36.7 Å². The van der Waals surface area contributed by atoms with E-state index in [2.05, 4.69) is 15.0 Å². The lowest BCUT2D eigenvalue weighted by molar-refractivity contribution is 0.0464. The summed E-state index contributed by atoms with van der Waals surface area (Å²) >= 11 is 5.94. The molecule has 1 N–H and O–H groups in total. The number of hydrogen-bond acceptors (Lipinski definition) is 5. The van der Waals surface area contributed by atoms with Crippen LogP contribution in [-0.2, 0) is 11.3 Å². The highest BCUT2D eigenvalue weighted by Crippen LogP contribution is 2.34. The number of aromatic nitrogens is 3. The fourth-order valence-electron chi connectivity index (χ4n) is 3.24. The monoisotopic (exact) mass is 419 g/mol. The molecule has 0 amide bonds. The average molecular weight is 420 g/mol. The summed E-state index contributed by atoms with van der Waals surface area (Å²) in [6.45, 7) is 3.38. The van der Waals surface area contributed by atoms with Crippen molar-refractivity contribution in [2.45, 2.75) is 33.0 Å². The van der Waals surface area contributed by atoms with Gasteiger partial charge < -0.3 is 14.1 Å². The van der Waals surface area contributed by atoms with Crippen molar-refractivity contribution in [2.75, 3.05) is 0 Å². The van der Waals surface area contributed by atoms with E-state index < -0.39 is 29.1 Å². The van der Waals surface area contributed by atoms with Gasteiger partial charge in [-0.2, -0.15) is 0 Å². The van der Waals surface area contributed by atoms with Gasteiger partial charge >= 0.3 is 0 Å². The molecule has 0 aromatic carbocycles. The van der Waals surface area contributed by atoms with Crippen LogP contribution in [0.3, 0.4) is 0 Å². The maximum atomic E-state index is 15.1. The van der Waals surface area contributed by atoms with E-state index in [9.17, 15) is 9.18 Å². The Kier molecular flexibility index (Phi) is 5.06. The number of aryl methyl sites for hydroxylation is 2. The van der Waals surface area contributed by atoms with Crippen LogP contribution < -0.4 is 0 Å². The lowest BCUT2D eigenvalue weighted by Crippen LogP contribution is -2.21. The third-order valence-corrected chi connectivity index (χ3v) is 4.87. The summed E-state index contributed by atoms with van der Waals surface area (Å²) in [6.07, 6.45) is 2.77. The number of allylic oxidation sites excluding steroid dienone is 2. The second kappa shape index (κ2) is 7.53. The molecule has 0 bridgehead atoms. The number of fused-ring (bicyclic) bond motifs is 1. The van der Waals surface area contributed by atoms with Crippen LogP contribution in [0.25, 0.3) is 11.0 Å². The number of carbonyl (C=O) groups is 1. The van der Waals surface area contributed by atoms with Gasteiger partial charge in [0.05, 0.1) is 17.2 Å². The van der Waals surface area contributed by atoms with E-state index in [1.54, 1.807) is 13.8 Å². The van der Waals surface area contributed by atoms with Crippen molar-refractivity contribution in [3.05, 3.63) is 69.7 Å². The molecule has 6 nitrogen and oxygen atoms in total. The predicted octanol–water partition coefficient (Wildman–Crippen LogP) is 5.07. The van der Waals surface area contributed by atoms with E-state index in [0.29, 0.717) is 33.4 Å². The number of ketones is 1. The molecule has 3 aromatic rings. The molecule has 0 aliphatic heterocycles. The minimum Gasteiger partial charge on any atom is -0.446 e. The smallest absolute Gasteiger partial charge is 0.200 e. The highest BCUT2D eigenvalue weighted by atomic mass is 35.5. The number of halogens is 3. The van der Waals surface area contributed by atoms with Crippen LogP contribution >= 0.6 is 11.6 Å². The van der Waals surface area contributed by atoms with Crippen molar-refractivity contribution < 1.29 is 22.7 Å². The average Bonchev–Trinajstić information content (AvgIpc) is 3.23. The second-order valence-electron chi connectivity index (χ2n) is 6.63. The van der Waals surface area contributed by atoms with Crippen LogP contribution in [0.1, 0.15) is 34.1 Å². The molecule has 3 aromatic heterocycles. The molecule has 0 saturated carbocycles. The van der Waals surface area contributed by atoms with E-state index in [-0.39, 0.29) is 18.6 Å². The van der Waals surface area contributed by atoms with E-state index in [4.69, 9.17) is 20.8 Å². The van der Waals surface area contributed by atoms with Gasteiger partial charge in [-0.15, -0.1) is 0 Å². The Morgan fingerprint density at radius 3 is 2.93 bits per heavy atom. The standard InChI is InChI=1S/C20H16ClF2N3O3/c1-9-15(26-10(2)29-9)8-28-16-4-3-14(22)17(18(16)23)19(27)13-7-25-20-12(13)5-11(21)6-24-20/h3,5-7,16H,4,8H2,1-2H3,(H,24,25). The normalized spacial score (nSPS) is 17.1. The van der Waals surface area contributed by atoms with Gasteiger partial charge in [0.2, 0.25) is 5.78 Å². The zero-order valence-electron chi connectivity index (χ0n) is 15.6. The van der Waals surface area contributed by atoms with E-state index in [1.165, 1.54) is 18.5 Å². The summed E-state index contributed by atoms with van der Waals surface area (Å²) in [5.74, 6) is -1.67. The van der Waals surface area contributed by atoms with Crippen LogP contribution in [0.5, 0.6) is 0 Å². The first-order valence-corrected chi connectivity index (χ1v) is 9.20. The zero-order chi connectivity index (χ0) is 20.7. The Morgan fingerprint density at radius 1 is 1.41 bits per heavy atom. The quantitative estimate of drug-likeness (QED) is 0.584. The molecule has 150 valence electrons. The Hall–Kier alpha value is -2.84. The Labute approximate surface area is 169 Å². The van der Waals surface area contributed by atoms with Gasteiger partial charge in [-0.25, -0.2) is 18.7 Å². The first-order valence-electron chi connectivity index (χ1n) is 8.82. The van der Waals surface area contributed by atoms with Crippen LogP contribution in [0.2, 0.25) is 5.02 Å². The number of pyridine rings is 1. The lowest BCUT2D eigenvalue weighted by Gasteiger charge is -2.20. The maximum absolute atomic E-state index is 15.1. The van der Waals surface area contributed by atoms with Gasteiger partial charge in [-0.05, 0) is 19.1 Å². The number of oxazole rings is 1. The fraction of sp³-hybridized carbons (Fsp3) is 0.250. The summed E-state index contributed by atoms with van der Waals surface area (Å²) in [7, 11) is 0. The number of aromatic amines is 1. The first kappa shape index (κ1) is 19.5. The van der Waals surface area contributed by atoms with E-state index >= 15 is 4.39 Å². The van der Waals surface area contributed by atoms with E-state index in [0.717, 1.165) is 6.08 Å². The van der Waals surface area contributed by atoms with E-state index in [1.807, 2.05) is 0 Å². The molecule has 1 aliphatic rings. The van der Waals surface area contributed by atoms with Crippen molar-refractivity contribution in [3.8, 4) is 0 Å². The van der Waals surface area contributed by atoms with Crippen molar-refractivity contribution >= 4 is 28.4 Å². The Balaban J connectivity index is 1.64. The maximum Gasteiger partial charge on any atom is 0.200 e. The molecule has 29 heavy (non-hydrogen) atoms. The molecule has 0 radical (unpaired) electrons. The number of carbonyl (C=O) groups excluding carboxylic acids is 1. The molecule has 1 atom stereocenters. The van der Waals surface area contributed by atoms with Crippen LogP contribution in [0.4, 0.5) is 8.78 Å². The summed E-state index contributed by atoms with van der Waals surface area (Å²) in [5, 5.41) is 0.687. The molecular weight excluding hydrogens is 404 g/mol. The Bertz CT molecular complexity index is 1180. The van der Waals surface area contributed by atoms with Gasteiger partial charge in [-0.1, -0.05) is 11.6 Å². The minimum atomic E-state index is -1.10. The van der Waals surface area contributed by atoms with Crippen molar-refractivity contribution in [1.82, 2.24) is 15.0 Å². The Morgan fingerprint density at radius 2 is 2.21 bits per heavy atom. The molecule has 9 heteroatoms. The zero-order valence-corrected chi connectivity index (χ0v) is 16.3. The number of ether oxygens (including phenoxy) is 1. The topological polar surface area (TPSA) is 81.0 Å². The fourth-order valence-corrected chi connectivity index (χ4v) is 3.39. The third-order valence-electron chi connectivity index (χ3n) is 4.66. The number of Topliss-reactive ketones (excluding diaryl/α,β-unsaturated/α-hetero) is 1. The van der Waals surface area contributed by atoms with Crippen molar-refractivity contribution in [1.29, 1.82) is 0 Å². The number of rotatable bonds is 5. The summed E-state index contributed by atoms with van der Waals surface area (Å²) in [6, 6.07) is 1.51. The molecule has 0 spiro atoms. The summed E-state index contributed by atoms with van der Waals surface area (Å²) in [4.78, 5) is 24.0.